The zero-order valence-electron chi connectivity index (χ0n) is 8.82. The molecule has 0 fully saturated rings. The molecule has 0 spiro atoms. The second kappa shape index (κ2) is 6.11. The lowest BCUT2D eigenvalue weighted by atomic mass is 10.3. The Morgan fingerprint density at radius 1 is 1.57 bits per heavy atom. The van der Waals surface area contributed by atoms with Gasteiger partial charge in [-0.1, -0.05) is 11.3 Å². The fraction of sp³-hybridized carbons (Fsp3) is 0.700. The van der Waals surface area contributed by atoms with Gasteiger partial charge in [0.05, 0.1) is 4.88 Å². The van der Waals surface area contributed by atoms with Crippen LogP contribution in [0, 0.1) is 6.92 Å². The minimum absolute atomic E-state index is 0.229. The predicted molar refractivity (Wildman–Crippen MR) is 56.5 cm³/mol. The summed E-state index contributed by atoms with van der Waals surface area (Å²) in [6.07, 6.45) is 0.762. The van der Waals surface area contributed by atoms with E-state index >= 15 is 0 Å². The van der Waals surface area contributed by atoms with Crippen molar-refractivity contribution in [2.75, 3.05) is 19.8 Å². The van der Waals surface area contributed by atoms with Gasteiger partial charge in [0.1, 0.15) is 6.61 Å². The highest BCUT2D eigenvalue weighted by Crippen LogP contribution is 2.10. The van der Waals surface area contributed by atoms with E-state index in [1.165, 1.54) is 10.6 Å². The summed E-state index contributed by atoms with van der Waals surface area (Å²) in [6, 6.07) is 0. The Balaban J connectivity index is 2.51. The number of aromatic nitrogens is 1. The van der Waals surface area contributed by atoms with Gasteiger partial charge in [0, 0.05) is 26.6 Å². The first-order valence-corrected chi connectivity index (χ1v) is 5.82. The van der Waals surface area contributed by atoms with Gasteiger partial charge < -0.3 is 9.84 Å². The number of aliphatic hydroxyl groups is 1. The van der Waals surface area contributed by atoms with Gasteiger partial charge in [-0.15, -0.1) is 0 Å². The van der Waals surface area contributed by atoms with Crippen LogP contribution in [0.15, 0.2) is 5.51 Å². The van der Waals surface area contributed by atoms with Crippen molar-refractivity contribution in [2.24, 2.45) is 0 Å². The quantitative estimate of drug-likeness (QED) is 0.566. The maximum atomic E-state index is 8.84. The highest BCUT2D eigenvalue weighted by Gasteiger charge is 2.13. The van der Waals surface area contributed by atoms with E-state index in [-0.39, 0.29) is 6.61 Å². The van der Waals surface area contributed by atoms with E-state index in [1.54, 1.807) is 11.3 Å². The lowest BCUT2D eigenvalue weighted by Gasteiger charge is -1.97. The second-order valence-corrected chi connectivity index (χ2v) is 4.04. The summed E-state index contributed by atoms with van der Waals surface area (Å²) in [7, 11) is 0. The van der Waals surface area contributed by atoms with E-state index in [1.807, 2.05) is 6.92 Å². The largest absolute Gasteiger partial charge is 0.396 e. The Morgan fingerprint density at radius 2 is 2.36 bits per heavy atom. The molecule has 0 aliphatic carbocycles. The number of ether oxygens (including phenoxy) is 1. The summed E-state index contributed by atoms with van der Waals surface area (Å²) >= 11 is 1.71. The van der Waals surface area contributed by atoms with Gasteiger partial charge in [0.2, 0.25) is 5.51 Å². The maximum Gasteiger partial charge on any atom is 0.225 e. The predicted octanol–water partition coefficient (Wildman–Crippen LogP) is 0.915. The molecule has 0 saturated heterocycles. The zero-order valence-corrected chi connectivity index (χ0v) is 9.64. The molecule has 14 heavy (non-hydrogen) atoms. The first-order chi connectivity index (χ1) is 6.79. The molecular formula is C10H18NO2S+. The Labute approximate surface area is 89.0 Å². The van der Waals surface area contributed by atoms with Crippen LogP contribution < -0.4 is 4.57 Å². The van der Waals surface area contributed by atoms with Crippen molar-refractivity contribution >= 4 is 11.3 Å². The molecule has 1 aromatic rings. The van der Waals surface area contributed by atoms with Crippen molar-refractivity contribution in [3.8, 4) is 0 Å². The third-order valence-electron chi connectivity index (χ3n) is 2.18. The highest BCUT2D eigenvalue weighted by molar-refractivity contribution is 7.09. The van der Waals surface area contributed by atoms with Crippen LogP contribution in [0.3, 0.4) is 0 Å². The van der Waals surface area contributed by atoms with Crippen LogP contribution in [0.1, 0.15) is 17.5 Å². The van der Waals surface area contributed by atoms with Crippen molar-refractivity contribution in [3.63, 3.8) is 0 Å². The Morgan fingerprint density at radius 3 is 3.00 bits per heavy atom. The smallest absolute Gasteiger partial charge is 0.225 e. The lowest BCUT2D eigenvalue weighted by Crippen LogP contribution is -2.36. The van der Waals surface area contributed by atoms with Gasteiger partial charge in [0.15, 0.2) is 12.2 Å². The first-order valence-electron chi connectivity index (χ1n) is 4.94. The molecule has 0 aromatic carbocycles. The fourth-order valence-electron chi connectivity index (χ4n) is 1.32. The van der Waals surface area contributed by atoms with Crippen molar-refractivity contribution < 1.29 is 14.4 Å². The van der Waals surface area contributed by atoms with Crippen molar-refractivity contribution in [1.29, 1.82) is 0 Å². The molecule has 0 amide bonds. The number of rotatable bonds is 6. The summed E-state index contributed by atoms with van der Waals surface area (Å²) in [5, 5.41) is 8.84. The molecule has 4 heteroatoms. The van der Waals surface area contributed by atoms with Gasteiger partial charge in [-0.05, 0) is 6.92 Å². The standard InChI is InChI=1S/C10H18NO2S/c1-3-13-7-5-11-8-14-10(4-6-12)9(11)2/h8,12H,3-7H2,1-2H3/q+1. The average Bonchev–Trinajstić information content (AvgIpc) is 2.51. The molecule has 0 bridgehead atoms. The third-order valence-corrected chi connectivity index (χ3v) is 3.32. The third kappa shape index (κ3) is 3.04. The highest BCUT2D eigenvalue weighted by atomic mass is 32.1. The molecule has 0 aliphatic heterocycles. The van der Waals surface area contributed by atoms with Crippen molar-refractivity contribution in [1.82, 2.24) is 0 Å². The minimum Gasteiger partial charge on any atom is -0.396 e. The summed E-state index contributed by atoms with van der Waals surface area (Å²) in [6.45, 7) is 6.76. The Hall–Kier alpha value is -0.450. The molecule has 0 atom stereocenters. The van der Waals surface area contributed by atoms with E-state index in [0.717, 1.165) is 26.2 Å². The molecule has 0 aliphatic rings. The monoisotopic (exact) mass is 216 g/mol. The average molecular weight is 216 g/mol. The SMILES string of the molecule is CCOCC[n+]1csc(CCO)c1C. The van der Waals surface area contributed by atoms with Crippen molar-refractivity contribution in [3.05, 3.63) is 16.1 Å². The van der Waals surface area contributed by atoms with Crippen LogP contribution in [-0.4, -0.2) is 24.9 Å². The molecule has 80 valence electrons. The Kier molecular flexibility index (Phi) is 5.07. The number of hydrogen-bond acceptors (Lipinski definition) is 3. The topological polar surface area (TPSA) is 33.3 Å². The summed E-state index contributed by atoms with van der Waals surface area (Å²) in [4.78, 5) is 1.27. The first kappa shape index (κ1) is 11.6. The molecule has 1 aromatic heterocycles. The number of aliphatic hydroxyl groups excluding tert-OH is 1. The second-order valence-electron chi connectivity index (χ2n) is 3.10. The van der Waals surface area contributed by atoms with Crippen LogP contribution in [0.5, 0.6) is 0 Å². The van der Waals surface area contributed by atoms with Crippen molar-refractivity contribution in [2.45, 2.75) is 26.8 Å². The normalized spacial score (nSPS) is 10.8. The molecule has 1 heterocycles. The maximum absolute atomic E-state index is 8.84. The number of hydrogen-bond donors (Lipinski definition) is 1. The van der Waals surface area contributed by atoms with E-state index < -0.39 is 0 Å². The fourth-order valence-corrected chi connectivity index (χ4v) is 2.34. The van der Waals surface area contributed by atoms with Crippen LogP contribution in [-0.2, 0) is 17.7 Å². The molecule has 0 saturated carbocycles. The van der Waals surface area contributed by atoms with Gasteiger partial charge in [0.25, 0.3) is 0 Å². The molecule has 0 unspecified atom stereocenters. The lowest BCUT2D eigenvalue weighted by molar-refractivity contribution is -0.699. The Bertz CT molecular complexity index is 273. The van der Waals surface area contributed by atoms with E-state index in [0.29, 0.717) is 0 Å². The van der Waals surface area contributed by atoms with E-state index in [4.69, 9.17) is 9.84 Å². The van der Waals surface area contributed by atoms with Crippen LogP contribution in [0.4, 0.5) is 0 Å². The number of nitrogens with zero attached hydrogens (tertiary/aromatic N) is 1. The summed E-state index contributed by atoms with van der Waals surface area (Å²) < 4.78 is 7.48. The van der Waals surface area contributed by atoms with Crippen LogP contribution in [0.25, 0.3) is 0 Å². The van der Waals surface area contributed by atoms with Gasteiger partial charge in [-0.3, -0.25) is 0 Å². The minimum atomic E-state index is 0.229. The number of thiazole rings is 1. The van der Waals surface area contributed by atoms with E-state index in [9.17, 15) is 0 Å². The molecular weight excluding hydrogens is 198 g/mol. The van der Waals surface area contributed by atoms with Gasteiger partial charge >= 0.3 is 0 Å². The molecule has 1 rings (SSSR count). The molecule has 3 nitrogen and oxygen atoms in total. The van der Waals surface area contributed by atoms with Crippen LogP contribution in [0.2, 0.25) is 0 Å². The summed E-state index contributed by atoms with van der Waals surface area (Å²) in [5.41, 5.74) is 3.35. The zero-order chi connectivity index (χ0) is 10.4. The van der Waals surface area contributed by atoms with Crippen LogP contribution >= 0.6 is 11.3 Å². The van der Waals surface area contributed by atoms with Gasteiger partial charge in [-0.2, -0.15) is 4.57 Å². The van der Waals surface area contributed by atoms with E-state index in [2.05, 4.69) is 17.0 Å². The molecule has 0 radical (unpaired) electrons. The van der Waals surface area contributed by atoms with Gasteiger partial charge in [-0.25, -0.2) is 0 Å². The summed E-state index contributed by atoms with van der Waals surface area (Å²) in [5.74, 6) is 0. The molecule has 1 N–H and O–H groups in total.